The molecule has 0 fully saturated rings. The SMILES string of the molecule is CCCCCCCCCCCCOS(=O)(=O)OP(C)(C)(C)C. The normalized spacial score (nSPS) is 14.7. The molecule has 136 valence electrons. The number of hydrogen-bond acceptors (Lipinski definition) is 4. The molecule has 0 heterocycles. The van der Waals surface area contributed by atoms with E-state index >= 15 is 0 Å². The van der Waals surface area contributed by atoms with Gasteiger partial charge in [0, 0.05) is 0 Å². The Labute approximate surface area is 138 Å². The van der Waals surface area contributed by atoms with E-state index in [2.05, 4.69) is 6.92 Å². The van der Waals surface area contributed by atoms with Crippen LogP contribution in [0.25, 0.3) is 0 Å². The average Bonchev–Trinajstić information content (AvgIpc) is 2.32. The van der Waals surface area contributed by atoms with Crippen LogP contribution in [0.1, 0.15) is 71.1 Å². The van der Waals surface area contributed by atoms with Gasteiger partial charge in [-0.15, -0.1) is 0 Å². The van der Waals surface area contributed by atoms with Gasteiger partial charge in [0.15, 0.2) is 0 Å². The van der Waals surface area contributed by atoms with Gasteiger partial charge in [-0.2, -0.15) is 0 Å². The van der Waals surface area contributed by atoms with Crippen molar-refractivity contribution >= 4 is 17.2 Å². The van der Waals surface area contributed by atoms with E-state index in [1.807, 2.05) is 26.7 Å². The maximum atomic E-state index is 11.7. The zero-order valence-corrected chi connectivity index (χ0v) is 17.0. The second-order valence-electron chi connectivity index (χ2n) is 7.90. The van der Waals surface area contributed by atoms with Crippen LogP contribution in [0.5, 0.6) is 0 Å². The Morgan fingerprint density at radius 1 is 0.727 bits per heavy atom. The molecule has 0 radical (unpaired) electrons. The summed E-state index contributed by atoms with van der Waals surface area (Å²) >= 11 is 0. The zero-order chi connectivity index (χ0) is 17.1. The molecule has 6 heteroatoms. The molecule has 0 saturated heterocycles. The van der Waals surface area contributed by atoms with Gasteiger partial charge in [0.25, 0.3) is 0 Å². The van der Waals surface area contributed by atoms with Crippen molar-refractivity contribution in [2.24, 2.45) is 0 Å². The van der Waals surface area contributed by atoms with E-state index in [0.29, 0.717) is 0 Å². The van der Waals surface area contributed by atoms with Crippen molar-refractivity contribution in [2.45, 2.75) is 71.1 Å². The second kappa shape index (κ2) is 10.2. The van der Waals surface area contributed by atoms with E-state index in [4.69, 9.17) is 8.15 Å². The molecule has 0 unspecified atom stereocenters. The van der Waals surface area contributed by atoms with Gasteiger partial charge in [-0.1, -0.05) is 19.8 Å². The molecule has 0 atom stereocenters. The second-order valence-corrected chi connectivity index (χ2v) is 16.4. The summed E-state index contributed by atoms with van der Waals surface area (Å²) in [5.41, 5.74) is 0. The van der Waals surface area contributed by atoms with Crippen molar-refractivity contribution in [3.8, 4) is 0 Å². The van der Waals surface area contributed by atoms with E-state index in [1.165, 1.54) is 44.9 Å². The van der Waals surface area contributed by atoms with Gasteiger partial charge in [0.2, 0.25) is 0 Å². The van der Waals surface area contributed by atoms with Crippen molar-refractivity contribution in [1.82, 2.24) is 0 Å². The van der Waals surface area contributed by atoms with Crippen molar-refractivity contribution in [3.05, 3.63) is 0 Å². The van der Waals surface area contributed by atoms with Crippen LogP contribution in [-0.2, 0) is 18.6 Å². The molecular formula is C16H37O4PS. The predicted octanol–water partition coefficient (Wildman–Crippen LogP) is 5.17. The predicted molar refractivity (Wildman–Crippen MR) is 98.4 cm³/mol. The van der Waals surface area contributed by atoms with Gasteiger partial charge < -0.3 is 0 Å². The Kier molecular flexibility index (Phi) is 10.4. The first-order valence-electron chi connectivity index (χ1n) is 8.63. The van der Waals surface area contributed by atoms with E-state index in [1.54, 1.807) is 0 Å². The number of rotatable bonds is 14. The van der Waals surface area contributed by atoms with Crippen LogP contribution < -0.4 is 0 Å². The summed E-state index contributed by atoms with van der Waals surface area (Å²) in [4.78, 5) is 0. The Morgan fingerprint density at radius 3 is 1.55 bits per heavy atom. The minimum atomic E-state index is -3.85. The standard InChI is InChI=1S/C16H37O4PS/c1-6-7-8-9-10-11-12-13-14-15-16-19-22(17,18)20-21(2,3,4)5/h6-16H2,1-5H3. The Bertz CT molecular complexity index is 375. The quantitative estimate of drug-likeness (QED) is 0.318. The van der Waals surface area contributed by atoms with Crippen molar-refractivity contribution in [3.63, 3.8) is 0 Å². The molecule has 0 aromatic carbocycles. The molecule has 0 aliphatic rings. The molecule has 0 aliphatic heterocycles. The Balaban J connectivity index is 3.54. The van der Waals surface area contributed by atoms with Gasteiger partial charge >= 0.3 is 118 Å². The first kappa shape index (κ1) is 22.3. The molecule has 0 saturated carbocycles. The van der Waals surface area contributed by atoms with E-state index in [-0.39, 0.29) is 6.61 Å². The first-order chi connectivity index (χ1) is 10.0. The molecule has 0 amide bonds. The van der Waals surface area contributed by atoms with Crippen LogP contribution in [-0.4, -0.2) is 41.7 Å². The van der Waals surface area contributed by atoms with Crippen LogP contribution in [0.3, 0.4) is 0 Å². The van der Waals surface area contributed by atoms with E-state index < -0.39 is 17.2 Å². The van der Waals surface area contributed by atoms with Gasteiger partial charge in [0.05, 0.1) is 0 Å². The summed E-state index contributed by atoms with van der Waals surface area (Å²) in [6.45, 7) is 7.25. The monoisotopic (exact) mass is 356 g/mol. The third-order valence-corrected chi connectivity index (χ3v) is 6.69. The average molecular weight is 357 g/mol. The summed E-state index contributed by atoms with van der Waals surface area (Å²) in [6, 6.07) is 0. The van der Waals surface area contributed by atoms with E-state index in [0.717, 1.165) is 19.3 Å². The van der Waals surface area contributed by atoms with Crippen LogP contribution in [0.2, 0.25) is 0 Å². The Morgan fingerprint density at radius 2 is 1.14 bits per heavy atom. The molecule has 0 rings (SSSR count). The molecule has 0 aromatic heterocycles. The van der Waals surface area contributed by atoms with Crippen LogP contribution in [0, 0.1) is 0 Å². The summed E-state index contributed by atoms with van der Waals surface area (Å²) < 4.78 is 33.5. The summed E-state index contributed by atoms with van der Waals surface area (Å²) in [5.74, 6) is 0. The fraction of sp³-hybridized carbons (Fsp3) is 1.00. The van der Waals surface area contributed by atoms with E-state index in [9.17, 15) is 8.42 Å². The number of hydrogen-bond donors (Lipinski definition) is 0. The summed E-state index contributed by atoms with van der Waals surface area (Å²) in [5, 5.41) is 0. The van der Waals surface area contributed by atoms with Gasteiger partial charge in [-0.05, 0) is 0 Å². The van der Waals surface area contributed by atoms with Gasteiger partial charge in [-0.3, -0.25) is 0 Å². The molecule has 0 aromatic rings. The van der Waals surface area contributed by atoms with Crippen LogP contribution in [0.4, 0.5) is 0 Å². The topological polar surface area (TPSA) is 52.6 Å². The first-order valence-corrected chi connectivity index (χ1v) is 13.9. The third kappa shape index (κ3) is 16.7. The van der Waals surface area contributed by atoms with Gasteiger partial charge in [-0.25, -0.2) is 0 Å². The van der Waals surface area contributed by atoms with Crippen LogP contribution in [0.15, 0.2) is 0 Å². The van der Waals surface area contributed by atoms with Crippen molar-refractivity contribution in [1.29, 1.82) is 0 Å². The molecule has 4 nitrogen and oxygen atoms in total. The summed E-state index contributed by atoms with van der Waals surface area (Å²) in [7, 11) is -3.85. The molecule has 0 bridgehead atoms. The minimum absolute atomic E-state index is 0.228. The fourth-order valence-electron chi connectivity index (χ4n) is 2.14. The zero-order valence-electron chi connectivity index (χ0n) is 15.3. The maximum absolute atomic E-state index is 11.7. The molecule has 0 N–H and O–H groups in total. The van der Waals surface area contributed by atoms with Crippen LogP contribution >= 0.6 is 6.83 Å². The molecule has 22 heavy (non-hydrogen) atoms. The van der Waals surface area contributed by atoms with Gasteiger partial charge in [0.1, 0.15) is 0 Å². The van der Waals surface area contributed by atoms with Crippen molar-refractivity contribution in [2.75, 3.05) is 33.3 Å². The van der Waals surface area contributed by atoms with Crippen molar-refractivity contribution < 1.29 is 16.6 Å². The third-order valence-electron chi connectivity index (χ3n) is 3.11. The Hall–Kier alpha value is 0.300. The summed E-state index contributed by atoms with van der Waals surface area (Å²) in [6.07, 6.45) is 12.1. The molecular weight excluding hydrogens is 319 g/mol. The number of unbranched alkanes of at least 4 members (excludes halogenated alkanes) is 9. The molecule has 0 aliphatic carbocycles. The fourth-order valence-corrected chi connectivity index (χ4v) is 5.55. The molecule has 0 spiro atoms.